The normalized spacial score (nSPS) is 16.4. The number of aliphatic hydroxyl groups is 1. The molecule has 176 valence electrons. The molecular formula is C19H25F2N5O4S2. The Morgan fingerprint density at radius 2 is 2.12 bits per heavy atom. The third-order valence-electron chi connectivity index (χ3n) is 4.52. The van der Waals surface area contributed by atoms with Gasteiger partial charge in [0.1, 0.15) is 11.9 Å². The van der Waals surface area contributed by atoms with Crippen LogP contribution in [-0.2, 0) is 16.0 Å². The van der Waals surface area contributed by atoms with Gasteiger partial charge in [-0.15, -0.1) is 0 Å². The molecule has 3 N–H and O–H groups in total. The summed E-state index contributed by atoms with van der Waals surface area (Å²) >= 11 is 0.995. The van der Waals surface area contributed by atoms with Crippen molar-refractivity contribution in [3.63, 3.8) is 0 Å². The minimum absolute atomic E-state index is 0.0204. The van der Waals surface area contributed by atoms with Crippen LogP contribution in [0.1, 0.15) is 18.9 Å². The van der Waals surface area contributed by atoms with Gasteiger partial charge < -0.3 is 15.2 Å². The van der Waals surface area contributed by atoms with Gasteiger partial charge in [0.2, 0.25) is 5.88 Å². The first-order valence-electron chi connectivity index (χ1n) is 9.99. The summed E-state index contributed by atoms with van der Waals surface area (Å²) < 4.78 is 62.3. The second kappa shape index (κ2) is 11.2. The van der Waals surface area contributed by atoms with E-state index >= 15 is 0 Å². The van der Waals surface area contributed by atoms with Gasteiger partial charge in [-0.3, -0.25) is 4.72 Å². The average molecular weight is 490 g/mol. The topological polar surface area (TPSA) is 117 Å². The van der Waals surface area contributed by atoms with Crippen molar-refractivity contribution < 1.29 is 27.0 Å². The lowest BCUT2D eigenvalue weighted by Crippen LogP contribution is -2.38. The number of hydrogen-bond acceptors (Lipinski definition) is 8. The molecule has 13 heteroatoms. The number of ether oxygens (including phenoxy) is 1. The van der Waals surface area contributed by atoms with Crippen LogP contribution in [0, 0.1) is 11.6 Å². The molecule has 1 saturated heterocycles. The molecule has 1 fully saturated rings. The second-order valence-corrected chi connectivity index (χ2v) is 9.71. The van der Waals surface area contributed by atoms with Gasteiger partial charge in [0.05, 0.1) is 6.61 Å². The van der Waals surface area contributed by atoms with Crippen molar-refractivity contribution >= 4 is 27.8 Å². The molecule has 2 aromatic rings. The number of hydrogen-bond donors (Lipinski definition) is 3. The number of benzene rings is 1. The molecule has 0 radical (unpaired) electrons. The minimum Gasteiger partial charge on any atom is -0.472 e. The van der Waals surface area contributed by atoms with Crippen molar-refractivity contribution in [1.82, 2.24) is 19.6 Å². The van der Waals surface area contributed by atoms with E-state index in [1.54, 1.807) is 6.92 Å². The molecule has 0 amide bonds. The standard InChI is InChI=1S/C19H25F2N5O4S2/c1-13(11-27)30-17-10-16(25-32(28,29)26-8-3-6-22-7-9-26)23-19(24-17)31-12-14-4-2-5-15(20)18(14)21/h2,4-5,10,13,22,27H,3,6-9,11-12H2,1H3,(H,23,24,25)/t13-/m1/s1. The summed E-state index contributed by atoms with van der Waals surface area (Å²) in [4.78, 5) is 8.39. The van der Waals surface area contributed by atoms with Crippen LogP contribution in [0.2, 0.25) is 0 Å². The highest BCUT2D eigenvalue weighted by atomic mass is 32.2. The van der Waals surface area contributed by atoms with E-state index in [2.05, 4.69) is 20.0 Å². The number of thioether (sulfide) groups is 1. The van der Waals surface area contributed by atoms with Crippen LogP contribution in [0.15, 0.2) is 29.4 Å². The maximum atomic E-state index is 14.0. The molecule has 3 rings (SSSR count). The van der Waals surface area contributed by atoms with Gasteiger partial charge in [0, 0.05) is 37.0 Å². The van der Waals surface area contributed by atoms with Gasteiger partial charge in [0.15, 0.2) is 16.8 Å². The highest BCUT2D eigenvalue weighted by Crippen LogP contribution is 2.26. The van der Waals surface area contributed by atoms with Crippen LogP contribution in [0.3, 0.4) is 0 Å². The van der Waals surface area contributed by atoms with E-state index in [1.807, 2.05) is 0 Å². The van der Waals surface area contributed by atoms with Crippen LogP contribution in [0.25, 0.3) is 0 Å². The third kappa shape index (κ3) is 6.72. The second-order valence-electron chi connectivity index (χ2n) is 7.10. The number of aliphatic hydroxyl groups excluding tert-OH is 1. The molecule has 1 aromatic carbocycles. The van der Waals surface area contributed by atoms with Gasteiger partial charge in [-0.1, -0.05) is 23.9 Å². The Labute approximate surface area is 189 Å². The van der Waals surface area contributed by atoms with Crippen molar-refractivity contribution in [2.24, 2.45) is 0 Å². The van der Waals surface area contributed by atoms with Crippen LogP contribution in [0.4, 0.5) is 14.6 Å². The summed E-state index contributed by atoms with van der Waals surface area (Å²) in [6.45, 7) is 3.28. The predicted molar refractivity (Wildman–Crippen MR) is 117 cm³/mol. The van der Waals surface area contributed by atoms with Gasteiger partial charge in [-0.25, -0.2) is 13.8 Å². The van der Waals surface area contributed by atoms with Gasteiger partial charge in [0.25, 0.3) is 0 Å². The first kappa shape index (κ1) is 24.6. The Kier molecular flexibility index (Phi) is 8.59. The van der Waals surface area contributed by atoms with Crippen LogP contribution >= 0.6 is 11.8 Å². The van der Waals surface area contributed by atoms with E-state index in [4.69, 9.17) is 4.74 Å². The Bertz CT molecular complexity index is 1020. The van der Waals surface area contributed by atoms with Gasteiger partial charge >= 0.3 is 10.2 Å². The van der Waals surface area contributed by atoms with E-state index in [1.165, 1.54) is 22.5 Å². The summed E-state index contributed by atoms with van der Waals surface area (Å²) in [5.74, 6) is -1.89. The highest BCUT2D eigenvalue weighted by molar-refractivity contribution is 7.98. The summed E-state index contributed by atoms with van der Waals surface area (Å²) in [5.41, 5.74) is 0.118. The zero-order valence-electron chi connectivity index (χ0n) is 17.4. The molecule has 1 atom stereocenters. The maximum absolute atomic E-state index is 14.0. The van der Waals surface area contributed by atoms with Crippen molar-refractivity contribution in [2.45, 2.75) is 30.4 Å². The number of nitrogens with one attached hydrogen (secondary N) is 2. The largest absolute Gasteiger partial charge is 0.472 e. The van der Waals surface area contributed by atoms with Crippen molar-refractivity contribution in [1.29, 1.82) is 0 Å². The third-order valence-corrected chi connectivity index (χ3v) is 6.93. The SMILES string of the molecule is C[C@H](CO)Oc1cc(NS(=O)(=O)N2CCCNCC2)nc(SCc2cccc(F)c2F)n1. The summed E-state index contributed by atoms with van der Waals surface area (Å²) in [6, 6.07) is 5.17. The fourth-order valence-corrected chi connectivity index (χ4v) is 4.91. The molecule has 2 heterocycles. The molecular weight excluding hydrogens is 464 g/mol. The quantitative estimate of drug-likeness (QED) is 0.360. The lowest BCUT2D eigenvalue weighted by Gasteiger charge is -2.20. The molecule has 0 spiro atoms. The van der Waals surface area contributed by atoms with E-state index in [-0.39, 0.29) is 34.8 Å². The predicted octanol–water partition coefficient (Wildman–Crippen LogP) is 1.76. The van der Waals surface area contributed by atoms with Crippen molar-refractivity contribution in [3.05, 3.63) is 41.5 Å². The molecule has 0 saturated carbocycles. The lowest BCUT2D eigenvalue weighted by molar-refractivity contribution is 0.124. The zero-order chi connectivity index (χ0) is 23.1. The van der Waals surface area contributed by atoms with E-state index in [0.717, 1.165) is 24.4 Å². The van der Waals surface area contributed by atoms with Crippen LogP contribution < -0.4 is 14.8 Å². The van der Waals surface area contributed by atoms with Crippen LogP contribution in [0.5, 0.6) is 5.88 Å². The molecule has 1 aliphatic rings. The van der Waals surface area contributed by atoms with E-state index in [0.29, 0.717) is 26.1 Å². The monoisotopic (exact) mass is 489 g/mol. The Morgan fingerprint density at radius 3 is 2.91 bits per heavy atom. The summed E-state index contributed by atoms with van der Waals surface area (Å²) in [5, 5.41) is 12.5. The molecule has 32 heavy (non-hydrogen) atoms. The average Bonchev–Trinajstić information content (AvgIpc) is 3.04. The minimum atomic E-state index is -3.88. The molecule has 9 nitrogen and oxygen atoms in total. The van der Waals surface area contributed by atoms with Gasteiger partial charge in [-0.05, 0) is 26.0 Å². The number of anilines is 1. The van der Waals surface area contributed by atoms with Crippen molar-refractivity contribution in [3.8, 4) is 5.88 Å². The fourth-order valence-electron chi connectivity index (χ4n) is 2.88. The smallest absolute Gasteiger partial charge is 0.302 e. The molecule has 1 aliphatic heterocycles. The van der Waals surface area contributed by atoms with Crippen molar-refractivity contribution in [2.75, 3.05) is 37.5 Å². The van der Waals surface area contributed by atoms with E-state index < -0.39 is 27.9 Å². The number of nitrogens with zero attached hydrogens (tertiary/aromatic N) is 3. The fraction of sp³-hybridized carbons (Fsp3) is 0.474. The molecule has 0 unspecified atom stereocenters. The zero-order valence-corrected chi connectivity index (χ0v) is 19.1. The molecule has 1 aromatic heterocycles. The molecule has 0 aliphatic carbocycles. The van der Waals surface area contributed by atoms with E-state index in [9.17, 15) is 22.3 Å². The number of rotatable bonds is 9. The Balaban J connectivity index is 1.82. The Hall–Kier alpha value is -2.06. The number of aromatic nitrogens is 2. The maximum Gasteiger partial charge on any atom is 0.302 e. The summed E-state index contributed by atoms with van der Waals surface area (Å²) in [6.07, 6.45) is 0.0810. The lowest BCUT2D eigenvalue weighted by atomic mass is 10.2. The summed E-state index contributed by atoms with van der Waals surface area (Å²) in [7, 11) is -3.88. The molecule has 0 bridgehead atoms. The highest BCUT2D eigenvalue weighted by Gasteiger charge is 2.24. The Morgan fingerprint density at radius 1 is 1.31 bits per heavy atom. The first-order valence-corrected chi connectivity index (χ1v) is 12.4. The number of halogens is 2. The van der Waals surface area contributed by atoms with Gasteiger partial charge in [-0.2, -0.15) is 17.7 Å². The van der Waals surface area contributed by atoms with Crippen LogP contribution in [-0.4, -0.2) is 66.7 Å². The first-order chi connectivity index (χ1) is 15.3.